The largest absolute Gasteiger partial charge is 0.381 e. The monoisotopic (exact) mass is 190 g/mol. The van der Waals surface area contributed by atoms with Gasteiger partial charge in [0.05, 0.1) is 6.61 Å². The number of halogens is 2. The van der Waals surface area contributed by atoms with Crippen molar-refractivity contribution >= 4 is 0 Å². The minimum absolute atomic E-state index is 0.0367. The molecule has 1 aliphatic carbocycles. The van der Waals surface area contributed by atoms with E-state index in [9.17, 15) is 8.78 Å². The van der Waals surface area contributed by atoms with Gasteiger partial charge in [-0.1, -0.05) is 12.2 Å². The lowest BCUT2D eigenvalue weighted by Gasteiger charge is -2.26. The van der Waals surface area contributed by atoms with Gasteiger partial charge in [-0.2, -0.15) is 0 Å². The first-order valence-electron chi connectivity index (χ1n) is 4.67. The second-order valence-corrected chi connectivity index (χ2v) is 3.58. The van der Waals surface area contributed by atoms with Crippen molar-refractivity contribution in [3.63, 3.8) is 0 Å². The van der Waals surface area contributed by atoms with E-state index in [1.807, 2.05) is 12.2 Å². The molecule has 0 atom stereocenters. The first-order chi connectivity index (χ1) is 6.14. The molecule has 13 heavy (non-hydrogen) atoms. The van der Waals surface area contributed by atoms with Crippen LogP contribution in [0.2, 0.25) is 0 Å². The van der Waals surface area contributed by atoms with Crippen molar-refractivity contribution in [2.24, 2.45) is 5.92 Å². The third-order valence-corrected chi connectivity index (χ3v) is 2.43. The van der Waals surface area contributed by atoms with Gasteiger partial charge in [0.1, 0.15) is 0 Å². The molecule has 0 aromatic carbocycles. The third-order valence-electron chi connectivity index (χ3n) is 2.43. The Morgan fingerprint density at radius 1 is 1.38 bits per heavy atom. The first kappa shape index (κ1) is 10.6. The maximum Gasteiger partial charge on any atom is 0.248 e. The Labute approximate surface area is 77.8 Å². The van der Waals surface area contributed by atoms with Gasteiger partial charge in [-0.3, -0.25) is 0 Å². The average molecular weight is 190 g/mol. The summed E-state index contributed by atoms with van der Waals surface area (Å²) >= 11 is 0. The van der Waals surface area contributed by atoms with E-state index in [0.29, 0.717) is 25.4 Å². The molecule has 0 N–H and O–H groups in total. The lowest BCUT2D eigenvalue weighted by Crippen LogP contribution is -2.23. The maximum absolute atomic E-state index is 12.7. The Bertz CT molecular complexity index is 168. The van der Waals surface area contributed by atoms with E-state index in [1.165, 1.54) is 0 Å². The van der Waals surface area contributed by atoms with Crippen molar-refractivity contribution in [2.75, 3.05) is 13.7 Å². The van der Waals surface area contributed by atoms with E-state index < -0.39 is 5.92 Å². The molecule has 1 nitrogen and oxygen atoms in total. The lowest BCUT2D eigenvalue weighted by atomic mass is 9.86. The summed E-state index contributed by atoms with van der Waals surface area (Å²) in [5.41, 5.74) is 0. The molecule has 0 radical (unpaired) electrons. The molecule has 1 fully saturated rings. The quantitative estimate of drug-likeness (QED) is 0.621. The van der Waals surface area contributed by atoms with Gasteiger partial charge in [0, 0.05) is 20.0 Å². The van der Waals surface area contributed by atoms with E-state index in [2.05, 4.69) is 0 Å². The Morgan fingerprint density at radius 3 is 2.54 bits per heavy atom. The summed E-state index contributed by atoms with van der Waals surface area (Å²) in [6.07, 6.45) is 5.19. The average Bonchev–Trinajstić information content (AvgIpc) is 2.08. The molecule has 0 bridgehead atoms. The van der Waals surface area contributed by atoms with E-state index in [4.69, 9.17) is 4.74 Å². The normalized spacial score (nSPS) is 23.9. The Kier molecular flexibility index (Phi) is 3.85. The second-order valence-electron chi connectivity index (χ2n) is 3.58. The van der Waals surface area contributed by atoms with Gasteiger partial charge in [-0.15, -0.1) is 0 Å². The van der Waals surface area contributed by atoms with Crippen molar-refractivity contribution in [2.45, 2.75) is 31.6 Å². The number of allylic oxidation sites excluding steroid dienone is 1. The van der Waals surface area contributed by atoms with Crippen molar-refractivity contribution < 1.29 is 13.5 Å². The van der Waals surface area contributed by atoms with Crippen molar-refractivity contribution in [3.8, 4) is 0 Å². The molecule has 1 aliphatic rings. The van der Waals surface area contributed by atoms with E-state index >= 15 is 0 Å². The minimum Gasteiger partial charge on any atom is -0.381 e. The van der Waals surface area contributed by atoms with Gasteiger partial charge in [0.2, 0.25) is 5.92 Å². The molecular weight excluding hydrogens is 174 g/mol. The summed E-state index contributed by atoms with van der Waals surface area (Å²) in [6.45, 7) is 0.576. The number of hydrogen-bond acceptors (Lipinski definition) is 1. The van der Waals surface area contributed by atoms with Crippen LogP contribution in [-0.2, 0) is 4.74 Å². The number of alkyl halides is 2. The molecule has 3 heteroatoms. The van der Waals surface area contributed by atoms with E-state index in [0.717, 1.165) is 0 Å². The minimum atomic E-state index is -2.41. The molecule has 0 aliphatic heterocycles. The van der Waals surface area contributed by atoms with Crippen molar-refractivity contribution in [1.29, 1.82) is 0 Å². The highest BCUT2D eigenvalue weighted by Gasteiger charge is 2.33. The van der Waals surface area contributed by atoms with Crippen LogP contribution in [-0.4, -0.2) is 19.6 Å². The summed E-state index contributed by atoms with van der Waals surface area (Å²) < 4.78 is 30.3. The number of methoxy groups -OCH3 is 1. The number of hydrogen-bond donors (Lipinski definition) is 0. The zero-order valence-electron chi connectivity index (χ0n) is 7.93. The molecule has 1 rings (SSSR count). The number of ether oxygens (including phenoxy) is 1. The smallest absolute Gasteiger partial charge is 0.248 e. The standard InChI is InChI=1S/C10H16F2O/c1-13-8-2-3-9-4-6-10(11,12)7-5-9/h2-3,9H,4-8H2,1H3/b3-2+. The van der Waals surface area contributed by atoms with Crippen LogP contribution in [0, 0.1) is 5.92 Å². The van der Waals surface area contributed by atoms with Gasteiger partial charge in [0.15, 0.2) is 0 Å². The van der Waals surface area contributed by atoms with Crippen LogP contribution in [0.3, 0.4) is 0 Å². The predicted molar refractivity (Wildman–Crippen MR) is 47.9 cm³/mol. The van der Waals surface area contributed by atoms with Gasteiger partial charge in [0.25, 0.3) is 0 Å². The fourth-order valence-corrected chi connectivity index (χ4v) is 1.60. The van der Waals surface area contributed by atoms with Gasteiger partial charge < -0.3 is 4.74 Å². The molecule has 0 aromatic heterocycles. The molecule has 0 aromatic rings. The van der Waals surface area contributed by atoms with Crippen LogP contribution in [0.4, 0.5) is 8.78 Å². The zero-order valence-corrected chi connectivity index (χ0v) is 7.93. The van der Waals surface area contributed by atoms with Gasteiger partial charge >= 0.3 is 0 Å². The van der Waals surface area contributed by atoms with Crippen LogP contribution >= 0.6 is 0 Å². The zero-order chi connectivity index (χ0) is 9.73. The highest BCUT2D eigenvalue weighted by atomic mass is 19.3. The fourth-order valence-electron chi connectivity index (χ4n) is 1.60. The summed E-state index contributed by atoms with van der Waals surface area (Å²) in [7, 11) is 1.62. The molecule has 76 valence electrons. The second kappa shape index (κ2) is 4.70. The van der Waals surface area contributed by atoms with Crippen LogP contribution < -0.4 is 0 Å². The molecule has 0 unspecified atom stereocenters. The highest BCUT2D eigenvalue weighted by Crippen LogP contribution is 2.36. The maximum atomic E-state index is 12.7. The van der Waals surface area contributed by atoms with Gasteiger partial charge in [-0.05, 0) is 18.8 Å². The Balaban J connectivity index is 2.25. The summed E-state index contributed by atoms with van der Waals surface area (Å²) in [5, 5.41) is 0. The van der Waals surface area contributed by atoms with Crippen LogP contribution in [0.5, 0.6) is 0 Å². The van der Waals surface area contributed by atoms with Crippen LogP contribution in [0.25, 0.3) is 0 Å². The summed E-state index contributed by atoms with van der Waals surface area (Å²) in [5.74, 6) is -2.08. The summed E-state index contributed by atoms with van der Waals surface area (Å²) in [4.78, 5) is 0. The van der Waals surface area contributed by atoms with Crippen LogP contribution in [0.15, 0.2) is 12.2 Å². The summed E-state index contributed by atoms with van der Waals surface area (Å²) in [6, 6.07) is 0. The molecule has 0 saturated heterocycles. The molecule has 0 amide bonds. The topological polar surface area (TPSA) is 9.23 Å². The molecule has 0 spiro atoms. The predicted octanol–water partition coefficient (Wildman–Crippen LogP) is 3.01. The van der Waals surface area contributed by atoms with E-state index in [-0.39, 0.29) is 12.8 Å². The fraction of sp³-hybridized carbons (Fsp3) is 0.800. The lowest BCUT2D eigenvalue weighted by molar-refractivity contribution is -0.0411. The Hall–Kier alpha value is -0.440. The first-order valence-corrected chi connectivity index (χ1v) is 4.67. The van der Waals surface area contributed by atoms with Crippen molar-refractivity contribution in [3.05, 3.63) is 12.2 Å². The van der Waals surface area contributed by atoms with E-state index in [1.54, 1.807) is 7.11 Å². The van der Waals surface area contributed by atoms with Crippen molar-refractivity contribution in [1.82, 2.24) is 0 Å². The molecular formula is C10H16F2O. The number of rotatable bonds is 3. The SMILES string of the molecule is COC/C=C/C1CCC(F)(F)CC1. The molecule has 1 saturated carbocycles. The van der Waals surface area contributed by atoms with Gasteiger partial charge in [-0.25, -0.2) is 8.78 Å². The highest BCUT2D eigenvalue weighted by molar-refractivity contribution is 4.92. The Morgan fingerprint density at radius 2 is 2.00 bits per heavy atom. The third kappa shape index (κ3) is 3.85. The van der Waals surface area contributed by atoms with Crippen LogP contribution in [0.1, 0.15) is 25.7 Å². The molecule has 0 heterocycles.